The van der Waals surface area contributed by atoms with Crippen LogP contribution in [0.15, 0.2) is 200 Å². The molecule has 0 bridgehead atoms. The Bertz CT molecular complexity index is 4390. The number of rotatable bonds is 10. The van der Waals surface area contributed by atoms with Gasteiger partial charge in [-0.3, -0.25) is 4.57 Å². The quantitative estimate of drug-likeness (QED) is 0.137. The fraction of sp³-hybridized carbons (Fsp3) is 0.203. The Labute approximate surface area is 479 Å². The van der Waals surface area contributed by atoms with Crippen LogP contribution < -0.4 is 14.5 Å². The minimum atomic E-state index is -0.627. The van der Waals surface area contributed by atoms with Gasteiger partial charge in [0.1, 0.15) is 35.6 Å². The molecule has 8 heteroatoms. The molecule has 6 nitrogen and oxygen atoms in total. The number of halogens is 2. The highest BCUT2D eigenvalue weighted by atomic mass is 19.1. The monoisotopic (exact) mass is 1080 g/mol. The van der Waals surface area contributed by atoms with Gasteiger partial charge in [-0.05, 0) is 141 Å². The van der Waals surface area contributed by atoms with Crippen molar-refractivity contribution in [1.82, 2.24) is 14.1 Å². The van der Waals surface area contributed by atoms with E-state index in [0.717, 1.165) is 106 Å². The molecule has 4 heterocycles. The molecule has 9 aromatic carbocycles. The maximum atomic E-state index is 15.7. The second-order valence-electron chi connectivity index (χ2n) is 24.9. The predicted octanol–water partition coefficient (Wildman–Crippen LogP) is 20.8. The highest BCUT2D eigenvalue weighted by molar-refractivity contribution is 6.11. The van der Waals surface area contributed by atoms with Crippen molar-refractivity contribution in [1.29, 1.82) is 0 Å². The molecular weight excluding hydrogens is 1010 g/mol. The van der Waals surface area contributed by atoms with Crippen molar-refractivity contribution in [2.75, 3.05) is 16.5 Å². The Hall–Kier alpha value is -9.01. The van der Waals surface area contributed by atoms with Crippen molar-refractivity contribution in [2.45, 2.75) is 91.9 Å². The maximum absolute atomic E-state index is 15.7. The first-order chi connectivity index (χ1) is 39.4. The number of pyridine rings is 1. The smallest absolute Gasteiger partial charge is 0.137 e. The number of fused-ring (bicyclic) bond motifs is 7. The molecule has 1 aliphatic rings. The van der Waals surface area contributed by atoms with Gasteiger partial charge in [-0.2, -0.15) is 0 Å². The van der Waals surface area contributed by atoms with Gasteiger partial charge in [-0.1, -0.05) is 154 Å². The molecule has 3 aromatic heterocycles. The van der Waals surface area contributed by atoms with Crippen LogP contribution in [0.2, 0.25) is 0 Å². The summed E-state index contributed by atoms with van der Waals surface area (Å²) >= 11 is 0. The molecule has 0 atom stereocenters. The Morgan fingerprint density at radius 2 is 0.951 bits per heavy atom. The van der Waals surface area contributed by atoms with Crippen LogP contribution in [0.3, 0.4) is 0 Å². The number of anilines is 4. The van der Waals surface area contributed by atoms with Crippen molar-refractivity contribution < 1.29 is 13.5 Å². The number of para-hydroxylation sites is 5. The Morgan fingerprint density at radius 3 is 1.52 bits per heavy atom. The topological polar surface area (TPSA) is 38.5 Å². The maximum Gasteiger partial charge on any atom is 0.137 e. The molecule has 408 valence electrons. The first-order valence-corrected chi connectivity index (χ1v) is 28.6. The summed E-state index contributed by atoms with van der Waals surface area (Å²) in [6, 6.07) is 66.6. The molecule has 82 heavy (non-hydrogen) atoms. The van der Waals surface area contributed by atoms with Gasteiger partial charge < -0.3 is 19.1 Å². The van der Waals surface area contributed by atoms with Crippen molar-refractivity contribution in [3.05, 3.63) is 234 Å². The number of ether oxygens (including phenoxy) is 1. The van der Waals surface area contributed by atoms with E-state index in [2.05, 4.69) is 264 Å². The summed E-state index contributed by atoms with van der Waals surface area (Å²) in [5, 5.41) is 4.54. The molecule has 0 saturated heterocycles. The number of aromatic nitrogens is 3. The molecule has 12 aromatic rings. The number of hydrogen-bond donors (Lipinski definition) is 0. The van der Waals surface area contributed by atoms with E-state index in [0.29, 0.717) is 23.7 Å². The number of nitrogens with zero attached hydrogens (tertiary/aromatic N) is 5. The molecule has 1 aliphatic heterocycles. The zero-order valence-corrected chi connectivity index (χ0v) is 48.3. The van der Waals surface area contributed by atoms with Crippen LogP contribution in [-0.2, 0) is 10.8 Å². The second-order valence-corrected chi connectivity index (χ2v) is 24.9. The highest BCUT2D eigenvalue weighted by Crippen LogP contribution is 2.53. The van der Waals surface area contributed by atoms with E-state index in [1.807, 2.05) is 6.20 Å². The van der Waals surface area contributed by atoms with Crippen molar-refractivity contribution in [3.63, 3.8) is 0 Å². The molecule has 0 saturated carbocycles. The third-order valence-corrected chi connectivity index (χ3v) is 16.5. The normalized spacial score (nSPS) is 13.0. The summed E-state index contributed by atoms with van der Waals surface area (Å²) < 4.78 is 43.3. The number of hydrogen-bond acceptors (Lipinski definition) is 4. The first kappa shape index (κ1) is 52.4. The molecule has 13 rings (SSSR count). The Morgan fingerprint density at radius 1 is 0.439 bits per heavy atom. The Kier molecular flexibility index (Phi) is 12.7. The van der Waals surface area contributed by atoms with Gasteiger partial charge in [-0.15, -0.1) is 0 Å². The average Bonchev–Trinajstić information content (AvgIpc) is 4.24. The van der Waals surface area contributed by atoms with Crippen LogP contribution in [0.1, 0.15) is 103 Å². The molecule has 0 spiro atoms. The Balaban J connectivity index is 1.03. The zero-order valence-electron chi connectivity index (χ0n) is 48.3. The van der Waals surface area contributed by atoms with E-state index in [-0.39, 0.29) is 22.7 Å². The summed E-state index contributed by atoms with van der Waals surface area (Å²) in [7, 11) is 0. The van der Waals surface area contributed by atoms with E-state index in [1.54, 1.807) is 0 Å². The average molecular weight is 1080 g/mol. The third kappa shape index (κ3) is 9.24. The van der Waals surface area contributed by atoms with Gasteiger partial charge in [0, 0.05) is 68.8 Å². The predicted molar refractivity (Wildman–Crippen MR) is 338 cm³/mol. The lowest BCUT2D eigenvalue weighted by Gasteiger charge is -2.31. The van der Waals surface area contributed by atoms with Crippen LogP contribution in [0.5, 0.6) is 11.5 Å². The fourth-order valence-electron chi connectivity index (χ4n) is 12.1. The fourth-order valence-corrected chi connectivity index (χ4v) is 12.1. The van der Waals surface area contributed by atoms with Crippen LogP contribution in [0.25, 0.3) is 77.4 Å². The number of benzene rings is 9. The summed E-state index contributed by atoms with van der Waals surface area (Å²) in [6.45, 7) is 22.6. The van der Waals surface area contributed by atoms with Gasteiger partial charge in [0.15, 0.2) is 0 Å². The van der Waals surface area contributed by atoms with Crippen LogP contribution in [0, 0.1) is 11.6 Å². The lowest BCUT2D eigenvalue weighted by molar-refractivity contribution is 0.483. The van der Waals surface area contributed by atoms with E-state index in [9.17, 15) is 0 Å². The lowest BCUT2D eigenvalue weighted by Crippen LogP contribution is -2.25. The van der Waals surface area contributed by atoms with Crippen LogP contribution in [-0.4, -0.2) is 20.8 Å². The second kappa shape index (κ2) is 19.9. The summed E-state index contributed by atoms with van der Waals surface area (Å²) in [5.41, 5.74) is 16.4. The molecule has 0 aliphatic carbocycles. The molecule has 0 unspecified atom stereocenters. The SMILES string of the molecule is CC(C)c1cc(-c2cc(C(C)(C)C)cc(-c3cc(F)cc(F)c3)c2N2CN(c3cc(Oc4ccc5c6ccccc6n(-c6cc(C(C)(C)C)ccn6)c5c4)cc(-n4c5ccccc5c5ccccc54)c3)c3ccccc32)cc(C(C)C)c1. The van der Waals surface area contributed by atoms with Crippen LogP contribution >= 0.6 is 0 Å². The summed E-state index contributed by atoms with van der Waals surface area (Å²) in [6.07, 6.45) is 1.91. The van der Waals surface area contributed by atoms with Gasteiger partial charge in [-0.25, -0.2) is 13.8 Å². The van der Waals surface area contributed by atoms with Gasteiger partial charge >= 0.3 is 0 Å². The van der Waals surface area contributed by atoms with Crippen LogP contribution in [0.4, 0.5) is 31.5 Å². The minimum absolute atomic E-state index is 0.0736. The van der Waals surface area contributed by atoms with Gasteiger partial charge in [0.2, 0.25) is 0 Å². The zero-order chi connectivity index (χ0) is 56.9. The van der Waals surface area contributed by atoms with E-state index in [4.69, 9.17) is 9.72 Å². The molecule has 0 N–H and O–H groups in total. The van der Waals surface area contributed by atoms with E-state index < -0.39 is 11.6 Å². The molecular formula is C74H67F2N5O. The largest absolute Gasteiger partial charge is 0.457 e. The van der Waals surface area contributed by atoms with E-state index in [1.165, 1.54) is 28.8 Å². The molecule has 0 fully saturated rings. The standard InChI is InChI=1S/C74H67F2N5O/c1-45(2)47-31-48(46(3)4)33-49(32-47)63-36-52(74(8,9)10)37-64(50-34-53(75)39-54(76)35-50)72(63)79-44-78(68-25-17-18-26-69(68)79)55-40-56(80-65-22-14-11-19-59(65)60-20-12-15-23-66(60)80)42-58(41-55)82-57-27-28-62-61-21-13-16-24-67(61)81(70(62)43-57)71-38-51(29-30-77-71)73(5,6)7/h11-43,45-46H,44H2,1-10H3. The first-order valence-electron chi connectivity index (χ1n) is 28.6. The molecule has 0 radical (unpaired) electrons. The minimum Gasteiger partial charge on any atom is -0.457 e. The lowest BCUT2D eigenvalue weighted by atomic mass is 9.81. The van der Waals surface area contributed by atoms with Gasteiger partial charge in [0.05, 0.1) is 44.8 Å². The highest BCUT2D eigenvalue weighted by Gasteiger charge is 2.34. The third-order valence-electron chi connectivity index (χ3n) is 16.5. The molecule has 0 amide bonds. The van der Waals surface area contributed by atoms with Crippen molar-refractivity contribution in [3.8, 4) is 45.3 Å². The van der Waals surface area contributed by atoms with Crippen molar-refractivity contribution >= 4 is 66.4 Å². The van der Waals surface area contributed by atoms with Gasteiger partial charge in [0.25, 0.3) is 0 Å². The summed E-state index contributed by atoms with van der Waals surface area (Å²) in [4.78, 5) is 9.65. The van der Waals surface area contributed by atoms with Crippen molar-refractivity contribution in [2.24, 2.45) is 0 Å². The summed E-state index contributed by atoms with van der Waals surface area (Å²) in [5.74, 6) is 1.45. The van der Waals surface area contributed by atoms with E-state index >= 15 is 8.78 Å².